The van der Waals surface area contributed by atoms with E-state index in [1.165, 1.54) is 15.6 Å². The van der Waals surface area contributed by atoms with Gasteiger partial charge in [-0.3, -0.25) is 0 Å². The van der Waals surface area contributed by atoms with Crippen molar-refractivity contribution in [2.24, 2.45) is 5.73 Å². The average molecular weight is 221 g/mol. The summed E-state index contributed by atoms with van der Waals surface area (Å²) in [6, 6.07) is 8.53. The van der Waals surface area contributed by atoms with E-state index in [1.807, 2.05) is 0 Å². The van der Waals surface area contributed by atoms with Gasteiger partial charge in [0.25, 0.3) is 0 Å². The molecular formula is C12H15NOS. The average Bonchev–Trinajstić information content (AvgIpc) is 2.62. The Labute approximate surface area is 93.7 Å². The zero-order valence-electron chi connectivity index (χ0n) is 8.77. The molecule has 1 aromatic carbocycles. The Balaban J connectivity index is 2.21. The van der Waals surface area contributed by atoms with E-state index in [-0.39, 0.29) is 6.04 Å². The van der Waals surface area contributed by atoms with E-state index in [0.717, 1.165) is 6.42 Å². The van der Waals surface area contributed by atoms with Gasteiger partial charge in [0.2, 0.25) is 0 Å². The van der Waals surface area contributed by atoms with Crippen molar-refractivity contribution in [3.8, 4) is 0 Å². The summed E-state index contributed by atoms with van der Waals surface area (Å²) in [7, 11) is 1.69. The molecule has 0 aliphatic carbocycles. The normalized spacial score (nSPS) is 13.2. The third kappa shape index (κ3) is 2.37. The maximum atomic E-state index is 5.95. The van der Waals surface area contributed by atoms with Gasteiger partial charge in [0, 0.05) is 17.9 Å². The molecule has 2 rings (SSSR count). The number of methoxy groups -OCH3 is 1. The monoisotopic (exact) mass is 221 g/mol. The van der Waals surface area contributed by atoms with Crippen LogP contribution in [0.4, 0.5) is 0 Å². The summed E-state index contributed by atoms with van der Waals surface area (Å²) in [4.78, 5) is 0. The van der Waals surface area contributed by atoms with Gasteiger partial charge in [-0.2, -0.15) is 0 Å². The number of thiophene rings is 1. The van der Waals surface area contributed by atoms with Crippen LogP contribution in [0.15, 0.2) is 29.6 Å². The van der Waals surface area contributed by atoms with Crippen molar-refractivity contribution in [2.45, 2.75) is 12.5 Å². The third-order valence-corrected chi connectivity index (χ3v) is 3.44. The van der Waals surface area contributed by atoms with E-state index in [9.17, 15) is 0 Å². The topological polar surface area (TPSA) is 35.2 Å². The van der Waals surface area contributed by atoms with Crippen molar-refractivity contribution in [3.05, 3.63) is 35.2 Å². The zero-order valence-corrected chi connectivity index (χ0v) is 9.59. The lowest BCUT2D eigenvalue weighted by molar-refractivity contribution is 0.180. The molecule has 2 N–H and O–H groups in total. The fourth-order valence-corrected chi connectivity index (χ4v) is 2.72. The van der Waals surface area contributed by atoms with Crippen molar-refractivity contribution in [3.63, 3.8) is 0 Å². The van der Waals surface area contributed by atoms with Gasteiger partial charge >= 0.3 is 0 Å². The molecule has 0 amide bonds. The number of nitrogens with two attached hydrogens (primary N) is 1. The van der Waals surface area contributed by atoms with Gasteiger partial charge in [-0.05, 0) is 28.8 Å². The number of hydrogen-bond donors (Lipinski definition) is 1. The number of hydrogen-bond acceptors (Lipinski definition) is 3. The van der Waals surface area contributed by atoms with E-state index in [2.05, 4.69) is 29.6 Å². The lowest BCUT2D eigenvalue weighted by Gasteiger charge is -2.09. The second-order valence-electron chi connectivity index (χ2n) is 3.68. The molecule has 0 radical (unpaired) electrons. The number of ether oxygens (including phenoxy) is 1. The number of rotatable bonds is 4. The lowest BCUT2D eigenvalue weighted by atomic mass is 10.1. The summed E-state index contributed by atoms with van der Waals surface area (Å²) in [5.41, 5.74) is 7.28. The number of fused-ring (bicyclic) bond motifs is 1. The van der Waals surface area contributed by atoms with Gasteiger partial charge in [-0.15, -0.1) is 11.3 Å². The van der Waals surface area contributed by atoms with Gasteiger partial charge in [0.1, 0.15) is 0 Å². The highest BCUT2D eigenvalue weighted by Gasteiger charge is 2.08. The van der Waals surface area contributed by atoms with E-state index in [4.69, 9.17) is 10.5 Å². The summed E-state index contributed by atoms with van der Waals surface area (Å²) in [6.07, 6.45) is 0.887. The van der Waals surface area contributed by atoms with Crippen LogP contribution >= 0.6 is 11.3 Å². The molecule has 0 aliphatic rings. The Hall–Kier alpha value is -0.900. The van der Waals surface area contributed by atoms with Crippen LogP contribution in [-0.2, 0) is 11.2 Å². The molecule has 0 saturated carbocycles. The smallest absolute Gasteiger partial charge is 0.0616 e. The third-order valence-electron chi connectivity index (χ3n) is 2.42. The van der Waals surface area contributed by atoms with Crippen molar-refractivity contribution >= 4 is 21.4 Å². The Kier molecular flexibility index (Phi) is 3.36. The van der Waals surface area contributed by atoms with Crippen LogP contribution in [0.2, 0.25) is 0 Å². The molecule has 1 atom stereocenters. The van der Waals surface area contributed by atoms with E-state index >= 15 is 0 Å². The number of benzene rings is 1. The highest BCUT2D eigenvalue weighted by molar-refractivity contribution is 7.17. The first-order valence-corrected chi connectivity index (χ1v) is 5.89. The van der Waals surface area contributed by atoms with Gasteiger partial charge in [0.15, 0.2) is 0 Å². The molecular weight excluding hydrogens is 206 g/mol. The SMILES string of the molecule is COCC(N)Cc1csc2ccccc12. The highest BCUT2D eigenvalue weighted by atomic mass is 32.1. The second-order valence-corrected chi connectivity index (χ2v) is 4.59. The molecule has 0 saturated heterocycles. The van der Waals surface area contributed by atoms with E-state index in [0.29, 0.717) is 6.61 Å². The van der Waals surface area contributed by atoms with Crippen LogP contribution < -0.4 is 5.73 Å². The van der Waals surface area contributed by atoms with Gasteiger partial charge < -0.3 is 10.5 Å². The van der Waals surface area contributed by atoms with E-state index in [1.54, 1.807) is 18.4 Å². The molecule has 1 unspecified atom stereocenters. The summed E-state index contributed by atoms with van der Waals surface area (Å²) in [5, 5.41) is 3.52. The summed E-state index contributed by atoms with van der Waals surface area (Å²) >= 11 is 1.78. The van der Waals surface area contributed by atoms with E-state index < -0.39 is 0 Å². The van der Waals surface area contributed by atoms with Gasteiger partial charge in [-0.25, -0.2) is 0 Å². The first kappa shape index (κ1) is 10.6. The van der Waals surface area contributed by atoms with Crippen LogP contribution in [0.5, 0.6) is 0 Å². The molecule has 0 spiro atoms. The molecule has 3 heteroatoms. The minimum Gasteiger partial charge on any atom is -0.383 e. The standard InChI is InChI=1S/C12H15NOS/c1-14-7-10(13)6-9-8-15-12-5-3-2-4-11(9)12/h2-5,8,10H,6-7,13H2,1H3. The molecule has 1 aromatic heterocycles. The molecule has 2 nitrogen and oxygen atoms in total. The first-order chi connectivity index (χ1) is 7.31. The molecule has 0 aliphatic heterocycles. The van der Waals surface area contributed by atoms with Crippen LogP contribution in [-0.4, -0.2) is 19.8 Å². The molecule has 1 heterocycles. The fourth-order valence-electron chi connectivity index (χ4n) is 1.75. The van der Waals surface area contributed by atoms with Gasteiger partial charge in [0.05, 0.1) is 6.61 Å². The molecule has 2 aromatic rings. The Morgan fingerprint density at radius 2 is 2.20 bits per heavy atom. The van der Waals surface area contributed by atoms with Crippen molar-refractivity contribution in [1.29, 1.82) is 0 Å². The van der Waals surface area contributed by atoms with Crippen LogP contribution in [0.25, 0.3) is 10.1 Å². The minimum absolute atomic E-state index is 0.0907. The Morgan fingerprint density at radius 1 is 1.40 bits per heavy atom. The largest absolute Gasteiger partial charge is 0.383 e. The first-order valence-electron chi connectivity index (χ1n) is 5.01. The summed E-state index contributed by atoms with van der Waals surface area (Å²) in [6.45, 7) is 0.615. The zero-order chi connectivity index (χ0) is 10.7. The molecule has 0 fully saturated rings. The molecule has 0 bridgehead atoms. The maximum Gasteiger partial charge on any atom is 0.0616 e. The van der Waals surface area contributed by atoms with Crippen molar-refractivity contribution in [1.82, 2.24) is 0 Å². The Bertz CT molecular complexity index is 438. The molecule has 80 valence electrons. The maximum absolute atomic E-state index is 5.95. The lowest BCUT2D eigenvalue weighted by Crippen LogP contribution is -2.27. The minimum atomic E-state index is 0.0907. The second kappa shape index (κ2) is 4.75. The van der Waals surface area contributed by atoms with Crippen LogP contribution in [0.1, 0.15) is 5.56 Å². The summed E-state index contributed by atoms with van der Waals surface area (Å²) < 4.78 is 6.37. The fraction of sp³-hybridized carbons (Fsp3) is 0.333. The van der Waals surface area contributed by atoms with Crippen molar-refractivity contribution < 1.29 is 4.74 Å². The predicted octanol–water partition coefficient (Wildman–Crippen LogP) is 2.42. The molecule has 15 heavy (non-hydrogen) atoms. The van der Waals surface area contributed by atoms with Crippen molar-refractivity contribution in [2.75, 3.05) is 13.7 Å². The summed E-state index contributed by atoms with van der Waals surface area (Å²) in [5.74, 6) is 0. The van der Waals surface area contributed by atoms with Crippen LogP contribution in [0.3, 0.4) is 0 Å². The predicted molar refractivity (Wildman–Crippen MR) is 65.4 cm³/mol. The highest BCUT2D eigenvalue weighted by Crippen LogP contribution is 2.26. The van der Waals surface area contributed by atoms with Gasteiger partial charge in [-0.1, -0.05) is 18.2 Å². The Morgan fingerprint density at radius 3 is 3.00 bits per heavy atom. The van der Waals surface area contributed by atoms with Crippen LogP contribution in [0, 0.1) is 0 Å². The quantitative estimate of drug-likeness (QED) is 0.860.